The number of hydrogen-bond donors (Lipinski definition) is 1. The number of anilines is 1. The Balaban J connectivity index is 1.43. The normalized spacial score (nSPS) is 21.7. The molecule has 2 aliphatic heterocycles. The average molecular weight is 444 g/mol. The van der Waals surface area contributed by atoms with Crippen molar-refractivity contribution in [3.63, 3.8) is 0 Å². The van der Waals surface area contributed by atoms with Gasteiger partial charge in [0.2, 0.25) is 0 Å². The molecule has 0 unspecified atom stereocenters. The van der Waals surface area contributed by atoms with Crippen LogP contribution >= 0.6 is 22.7 Å². The summed E-state index contributed by atoms with van der Waals surface area (Å²) in [5, 5.41) is 11.3. The lowest BCUT2D eigenvalue weighted by Crippen LogP contribution is -2.48. The second kappa shape index (κ2) is 8.11. The van der Waals surface area contributed by atoms with Gasteiger partial charge in [-0.25, -0.2) is 9.78 Å². The van der Waals surface area contributed by atoms with Gasteiger partial charge < -0.3 is 10.2 Å². The molecule has 3 aliphatic rings. The molecular weight excluding hydrogens is 418 g/mol. The molecule has 1 N–H and O–H groups in total. The van der Waals surface area contributed by atoms with Gasteiger partial charge in [0.25, 0.3) is 5.91 Å². The van der Waals surface area contributed by atoms with Crippen LogP contribution in [0, 0.1) is 0 Å². The molecule has 2 saturated heterocycles. The van der Waals surface area contributed by atoms with Crippen molar-refractivity contribution in [2.24, 2.45) is 5.10 Å². The van der Waals surface area contributed by atoms with E-state index < -0.39 is 11.6 Å². The zero-order chi connectivity index (χ0) is 20.6. The van der Waals surface area contributed by atoms with Gasteiger partial charge in [-0.15, -0.1) is 16.3 Å². The fourth-order valence-electron chi connectivity index (χ4n) is 4.53. The maximum absolute atomic E-state index is 13.0. The topological polar surface area (TPSA) is 77.9 Å². The van der Waals surface area contributed by atoms with E-state index in [9.17, 15) is 9.59 Å². The summed E-state index contributed by atoms with van der Waals surface area (Å²) in [5.74, 6) is -0.220. The SMILES string of the molecule is O=C1NC2(CCCCC2)C(=O)N1/N=C/c1sc(N2CCCCC2)nc1-c1cccs1. The lowest BCUT2D eigenvalue weighted by atomic mass is 9.82. The van der Waals surface area contributed by atoms with E-state index in [1.54, 1.807) is 28.9 Å². The van der Waals surface area contributed by atoms with Crippen molar-refractivity contribution in [3.8, 4) is 10.6 Å². The molecule has 9 heteroatoms. The molecule has 0 bridgehead atoms. The van der Waals surface area contributed by atoms with Gasteiger partial charge in [-0.2, -0.15) is 5.10 Å². The molecule has 3 fully saturated rings. The zero-order valence-electron chi connectivity index (χ0n) is 16.8. The monoisotopic (exact) mass is 443 g/mol. The molecule has 5 rings (SSSR count). The third kappa shape index (κ3) is 3.54. The average Bonchev–Trinajstić information content (AvgIpc) is 3.49. The standard InChI is InChI=1S/C21H25N5O2S2/c27-18-21(9-3-1-4-10-21)24-19(28)26(18)22-14-16-17(15-8-7-13-29-15)23-20(30-16)25-11-5-2-6-12-25/h7-8,13-14H,1-6,9-12H2,(H,24,28)/b22-14+. The number of thiophene rings is 1. The highest BCUT2D eigenvalue weighted by atomic mass is 32.1. The van der Waals surface area contributed by atoms with Crippen molar-refractivity contribution in [3.05, 3.63) is 22.4 Å². The Kier molecular flexibility index (Phi) is 5.32. The summed E-state index contributed by atoms with van der Waals surface area (Å²) < 4.78 is 0. The number of hydrazone groups is 1. The number of hydrogen-bond acceptors (Lipinski definition) is 7. The highest BCUT2D eigenvalue weighted by Gasteiger charge is 2.51. The molecule has 1 aliphatic carbocycles. The predicted octanol–water partition coefficient (Wildman–Crippen LogP) is 4.45. The van der Waals surface area contributed by atoms with Gasteiger partial charge in [-0.3, -0.25) is 4.79 Å². The molecule has 158 valence electrons. The number of aromatic nitrogens is 1. The summed E-state index contributed by atoms with van der Waals surface area (Å²) in [4.78, 5) is 34.7. The van der Waals surface area contributed by atoms with Crippen molar-refractivity contribution in [1.82, 2.24) is 15.3 Å². The minimum Gasteiger partial charge on any atom is -0.348 e. The smallest absolute Gasteiger partial charge is 0.346 e. The first kappa shape index (κ1) is 19.7. The Labute approximate surface area is 183 Å². The van der Waals surface area contributed by atoms with Crippen LogP contribution in [0.2, 0.25) is 0 Å². The zero-order valence-corrected chi connectivity index (χ0v) is 18.4. The van der Waals surface area contributed by atoms with E-state index in [0.29, 0.717) is 12.8 Å². The summed E-state index contributed by atoms with van der Waals surface area (Å²) in [6, 6.07) is 3.63. The molecule has 30 heavy (non-hydrogen) atoms. The van der Waals surface area contributed by atoms with Gasteiger partial charge in [0.05, 0.1) is 16.0 Å². The van der Waals surface area contributed by atoms with Crippen molar-refractivity contribution in [2.75, 3.05) is 18.0 Å². The maximum atomic E-state index is 13.0. The largest absolute Gasteiger partial charge is 0.348 e. The highest BCUT2D eigenvalue weighted by Crippen LogP contribution is 2.36. The van der Waals surface area contributed by atoms with Crippen LogP contribution in [0.25, 0.3) is 10.6 Å². The number of urea groups is 1. The van der Waals surface area contributed by atoms with E-state index in [1.807, 2.05) is 17.5 Å². The van der Waals surface area contributed by atoms with Crippen LogP contribution in [-0.4, -0.2) is 46.8 Å². The van der Waals surface area contributed by atoms with E-state index in [-0.39, 0.29) is 5.91 Å². The lowest BCUT2D eigenvalue weighted by molar-refractivity contribution is -0.132. The molecule has 4 heterocycles. The van der Waals surface area contributed by atoms with E-state index in [2.05, 4.69) is 15.3 Å². The number of rotatable bonds is 4. The van der Waals surface area contributed by atoms with Gasteiger partial charge >= 0.3 is 6.03 Å². The highest BCUT2D eigenvalue weighted by molar-refractivity contribution is 7.18. The van der Waals surface area contributed by atoms with Gasteiger partial charge in [0.1, 0.15) is 11.2 Å². The van der Waals surface area contributed by atoms with Gasteiger partial charge in [-0.05, 0) is 43.6 Å². The van der Waals surface area contributed by atoms with E-state index >= 15 is 0 Å². The number of amides is 3. The molecule has 0 aromatic carbocycles. The molecular formula is C21H25N5O2S2. The lowest BCUT2D eigenvalue weighted by Gasteiger charge is -2.29. The first-order valence-corrected chi connectivity index (χ1v) is 12.4. The second-order valence-electron chi connectivity index (χ2n) is 8.17. The predicted molar refractivity (Wildman–Crippen MR) is 120 cm³/mol. The third-order valence-corrected chi connectivity index (χ3v) is 8.09. The number of carbonyl (C=O) groups is 2. The molecule has 3 amide bonds. The van der Waals surface area contributed by atoms with Crippen molar-refractivity contribution >= 4 is 46.0 Å². The minimum absolute atomic E-state index is 0.220. The Morgan fingerprint density at radius 2 is 1.87 bits per heavy atom. The van der Waals surface area contributed by atoms with Gasteiger partial charge in [0, 0.05) is 13.1 Å². The Bertz CT molecular complexity index is 956. The van der Waals surface area contributed by atoms with Crippen LogP contribution in [0.4, 0.5) is 9.93 Å². The summed E-state index contributed by atoms with van der Waals surface area (Å²) in [6.45, 7) is 2.03. The van der Waals surface area contributed by atoms with E-state index in [4.69, 9.17) is 4.98 Å². The summed E-state index contributed by atoms with van der Waals surface area (Å²) >= 11 is 3.21. The van der Waals surface area contributed by atoms with Crippen LogP contribution < -0.4 is 10.2 Å². The molecule has 7 nitrogen and oxygen atoms in total. The Morgan fingerprint density at radius 1 is 1.10 bits per heavy atom. The fourth-order valence-corrected chi connectivity index (χ4v) is 6.32. The first-order chi connectivity index (χ1) is 14.7. The van der Waals surface area contributed by atoms with E-state index in [1.165, 1.54) is 19.3 Å². The number of nitrogens with one attached hydrogen (secondary N) is 1. The first-order valence-electron chi connectivity index (χ1n) is 10.7. The molecule has 1 spiro atoms. The van der Waals surface area contributed by atoms with E-state index in [0.717, 1.165) is 57.9 Å². The van der Waals surface area contributed by atoms with Crippen LogP contribution in [0.1, 0.15) is 56.2 Å². The summed E-state index contributed by atoms with van der Waals surface area (Å²) in [5.41, 5.74) is 0.120. The van der Waals surface area contributed by atoms with Crippen LogP contribution in [0.15, 0.2) is 22.6 Å². The number of piperidine rings is 1. The number of imide groups is 1. The number of nitrogens with zero attached hydrogens (tertiary/aromatic N) is 4. The maximum Gasteiger partial charge on any atom is 0.346 e. The van der Waals surface area contributed by atoms with Crippen molar-refractivity contribution < 1.29 is 9.59 Å². The number of thiazole rings is 1. The summed E-state index contributed by atoms with van der Waals surface area (Å²) in [7, 11) is 0. The van der Waals surface area contributed by atoms with Crippen LogP contribution in [0.3, 0.4) is 0 Å². The van der Waals surface area contributed by atoms with Crippen molar-refractivity contribution in [1.29, 1.82) is 0 Å². The fraction of sp³-hybridized carbons (Fsp3) is 0.524. The van der Waals surface area contributed by atoms with Gasteiger partial charge in [-0.1, -0.05) is 36.7 Å². The summed E-state index contributed by atoms with van der Waals surface area (Å²) in [6.07, 6.45) is 9.69. The van der Waals surface area contributed by atoms with Crippen molar-refractivity contribution in [2.45, 2.75) is 56.9 Å². The van der Waals surface area contributed by atoms with Crippen LogP contribution in [-0.2, 0) is 4.79 Å². The molecule has 0 atom stereocenters. The molecule has 2 aromatic rings. The molecule has 2 aromatic heterocycles. The second-order valence-corrected chi connectivity index (χ2v) is 10.1. The Hall–Kier alpha value is -2.26. The van der Waals surface area contributed by atoms with Crippen LogP contribution in [0.5, 0.6) is 0 Å². The van der Waals surface area contributed by atoms with Gasteiger partial charge in [0.15, 0.2) is 5.13 Å². The quantitative estimate of drug-likeness (QED) is 0.559. The molecule has 1 saturated carbocycles. The Morgan fingerprint density at radius 3 is 2.60 bits per heavy atom. The minimum atomic E-state index is -0.754. The molecule has 0 radical (unpaired) electrons. The third-order valence-electron chi connectivity index (χ3n) is 6.16. The number of carbonyl (C=O) groups excluding carboxylic acids is 2.